The van der Waals surface area contributed by atoms with Gasteiger partial charge in [-0.15, -0.1) is 0 Å². The lowest BCUT2D eigenvalue weighted by Crippen LogP contribution is -2.48. The summed E-state index contributed by atoms with van der Waals surface area (Å²) < 4.78 is 0. The topological polar surface area (TPSA) is 52.6 Å². The largest absolute Gasteiger partial charge is 0.480 e. The van der Waals surface area contributed by atoms with Crippen molar-refractivity contribution in [2.45, 2.75) is 26.3 Å². The Hall–Kier alpha value is -0.610. The zero-order valence-electron chi connectivity index (χ0n) is 9.86. The van der Waals surface area contributed by atoms with Crippen molar-refractivity contribution in [3.63, 3.8) is 0 Å². The van der Waals surface area contributed by atoms with Crippen molar-refractivity contribution in [1.29, 1.82) is 0 Å². The molecule has 1 aliphatic rings. The van der Waals surface area contributed by atoms with Crippen LogP contribution in [0.25, 0.3) is 0 Å². The highest BCUT2D eigenvalue weighted by molar-refractivity contribution is 5.73. The molecule has 0 aliphatic carbocycles. The maximum Gasteiger partial charge on any atom is 0.322 e. The number of piperidine rings is 1. The number of hydrogen-bond acceptors (Lipinski definition) is 3. The Morgan fingerprint density at radius 2 is 2.00 bits per heavy atom. The lowest BCUT2D eigenvalue weighted by atomic mass is 9.91. The van der Waals surface area contributed by atoms with Crippen molar-refractivity contribution in [3.8, 4) is 0 Å². The summed E-state index contributed by atoms with van der Waals surface area (Å²) in [5, 5.41) is 11.8. The molecule has 88 valence electrons. The van der Waals surface area contributed by atoms with Gasteiger partial charge in [0.15, 0.2) is 0 Å². The minimum Gasteiger partial charge on any atom is -0.480 e. The Morgan fingerprint density at radius 1 is 1.47 bits per heavy atom. The van der Waals surface area contributed by atoms with Crippen LogP contribution in [0.1, 0.15) is 20.3 Å². The molecule has 0 amide bonds. The van der Waals surface area contributed by atoms with Crippen LogP contribution in [0.3, 0.4) is 0 Å². The number of nitrogens with zero attached hydrogens (tertiary/aromatic N) is 1. The van der Waals surface area contributed by atoms with E-state index in [9.17, 15) is 4.79 Å². The summed E-state index contributed by atoms with van der Waals surface area (Å²) in [5.74, 6) is 0.600. The van der Waals surface area contributed by atoms with Gasteiger partial charge in [-0.05, 0) is 25.3 Å². The lowest BCUT2D eigenvalue weighted by molar-refractivity contribution is -0.140. The van der Waals surface area contributed by atoms with E-state index in [1.165, 1.54) is 6.42 Å². The van der Waals surface area contributed by atoms with Crippen molar-refractivity contribution in [3.05, 3.63) is 0 Å². The van der Waals surface area contributed by atoms with Crippen LogP contribution < -0.4 is 5.32 Å². The Balaban J connectivity index is 2.45. The summed E-state index contributed by atoms with van der Waals surface area (Å²) in [7, 11) is 1.70. The zero-order valence-corrected chi connectivity index (χ0v) is 9.86. The first-order valence-electron chi connectivity index (χ1n) is 5.65. The molecule has 1 rings (SSSR count). The van der Waals surface area contributed by atoms with Crippen LogP contribution in [-0.4, -0.2) is 48.7 Å². The van der Waals surface area contributed by atoms with Crippen LogP contribution in [0.4, 0.5) is 0 Å². The van der Waals surface area contributed by atoms with E-state index in [0.29, 0.717) is 18.4 Å². The summed E-state index contributed by atoms with van der Waals surface area (Å²) in [4.78, 5) is 13.1. The SMILES string of the molecule is CN[C@H](CN1C[C@H](C)C[C@H](C)C1)C(=O)O. The van der Waals surface area contributed by atoms with Gasteiger partial charge in [0.05, 0.1) is 0 Å². The van der Waals surface area contributed by atoms with Crippen molar-refractivity contribution in [2.75, 3.05) is 26.7 Å². The van der Waals surface area contributed by atoms with E-state index in [4.69, 9.17) is 5.11 Å². The number of rotatable bonds is 4. The standard InChI is InChI=1S/C11H22N2O2/c1-8-4-9(2)6-13(5-8)7-10(12-3)11(14)15/h8-10,12H,4-7H2,1-3H3,(H,14,15)/t8-,9+,10-/m1/s1. The molecule has 0 spiro atoms. The van der Waals surface area contributed by atoms with Crippen LogP contribution in [-0.2, 0) is 4.79 Å². The molecule has 0 bridgehead atoms. The molecule has 4 heteroatoms. The van der Waals surface area contributed by atoms with Gasteiger partial charge in [-0.25, -0.2) is 0 Å². The molecule has 4 nitrogen and oxygen atoms in total. The van der Waals surface area contributed by atoms with Gasteiger partial charge >= 0.3 is 5.97 Å². The second-order valence-electron chi connectivity index (χ2n) is 4.84. The number of hydrogen-bond donors (Lipinski definition) is 2. The van der Waals surface area contributed by atoms with Crippen molar-refractivity contribution < 1.29 is 9.90 Å². The van der Waals surface area contributed by atoms with E-state index < -0.39 is 12.0 Å². The average molecular weight is 214 g/mol. The first-order chi connectivity index (χ1) is 7.02. The Bertz CT molecular complexity index is 211. The molecule has 0 aromatic heterocycles. The first-order valence-corrected chi connectivity index (χ1v) is 5.65. The van der Waals surface area contributed by atoms with Crippen molar-refractivity contribution in [1.82, 2.24) is 10.2 Å². The van der Waals surface area contributed by atoms with Gasteiger partial charge in [-0.2, -0.15) is 0 Å². The normalized spacial score (nSPS) is 30.1. The molecule has 2 N–H and O–H groups in total. The first kappa shape index (κ1) is 12.5. The fourth-order valence-corrected chi connectivity index (χ4v) is 2.49. The van der Waals surface area contributed by atoms with Crippen LogP contribution in [0.15, 0.2) is 0 Å². The van der Waals surface area contributed by atoms with Crippen molar-refractivity contribution >= 4 is 5.97 Å². The number of likely N-dealkylation sites (N-methyl/N-ethyl adjacent to an activating group) is 1. The van der Waals surface area contributed by atoms with Gasteiger partial charge in [0.1, 0.15) is 6.04 Å². The van der Waals surface area contributed by atoms with E-state index in [1.54, 1.807) is 7.05 Å². The van der Waals surface area contributed by atoms with Crippen LogP contribution >= 0.6 is 0 Å². The molecule has 0 aromatic carbocycles. The van der Waals surface area contributed by atoms with Crippen LogP contribution in [0, 0.1) is 11.8 Å². The molecule has 0 saturated carbocycles. The quantitative estimate of drug-likeness (QED) is 0.721. The molecular weight excluding hydrogens is 192 g/mol. The number of nitrogens with one attached hydrogen (secondary N) is 1. The van der Waals surface area contributed by atoms with E-state index >= 15 is 0 Å². The third-order valence-electron chi connectivity index (χ3n) is 3.03. The number of carboxylic acid groups (broad SMARTS) is 1. The highest BCUT2D eigenvalue weighted by Crippen LogP contribution is 2.20. The molecule has 15 heavy (non-hydrogen) atoms. The van der Waals surface area contributed by atoms with Gasteiger partial charge < -0.3 is 15.3 Å². The fraction of sp³-hybridized carbons (Fsp3) is 0.909. The minimum absolute atomic E-state index is 0.442. The molecule has 0 aromatic rings. The molecule has 1 heterocycles. The molecular formula is C11H22N2O2. The van der Waals surface area contributed by atoms with E-state index in [0.717, 1.165) is 13.1 Å². The summed E-state index contributed by atoms with van der Waals surface area (Å²) >= 11 is 0. The summed E-state index contributed by atoms with van der Waals surface area (Å²) in [5.41, 5.74) is 0. The van der Waals surface area contributed by atoms with E-state index in [2.05, 4.69) is 24.1 Å². The van der Waals surface area contributed by atoms with Gasteiger partial charge in [0.25, 0.3) is 0 Å². The Labute approximate surface area is 91.6 Å². The number of carboxylic acids is 1. The Kier molecular flexibility index (Phi) is 4.54. The molecule has 0 radical (unpaired) electrons. The summed E-state index contributed by atoms with van der Waals surface area (Å²) in [6, 6.07) is -0.442. The summed E-state index contributed by atoms with van der Waals surface area (Å²) in [6.07, 6.45) is 1.26. The molecule has 0 unspecified atom stereocenters. The number of likely N-dealkylation sites (tertiary alicyclic amines) is 1. The monoisotopic (exact) mass is 214 g/mol. The maximum absolute atomic E-state index is 10.9. The van der Waals surface area contributed by atoms with Gasteiger partial charge in [-0.3, -0.25) is 4.79 Å². The molecule has 3 atom stereocenters. The molecule has 1 saturated heterocycles. The predicted molar refractivity (Wildman–Crippen MR) is 59.9 cm³/mol. The second-order valence-corrected chi connectivity index (χ2v) is 4.84. The molecule has 1 aliphatic heterocycles. The van der Waals surface area contributed by atoms with E-state index in [-0.39, 0.29) is 0 Å². The fourth-order valence-electron chi connectivity index (χ4n) is 2.49. The van der Waals surface area contributed by atoms with Gasteiger partial charge in [0, 0.05) is 19.6 Å². The Morgan fingerprint density at radius 3 is 2.40 bits per heavy atom. The second kappa shape index (κ2) is 5.47. The molecule has 1 fully saturated rings. The predicted octanol–water partition coefficient (Wildman–Crippen LogP) is 0.637. The zero-order chi connectivity index (χ0) is 11.4. The third-order valence-corrected chi connectivity index (χ3v) is 3.03. The van der Waals surface area contributed by atoms with Gasteiger partial charge in [-0.1, -0.05) is 13.8 Å². The maximum atomic E-state index is 10.9. The van der Waals surface area contributed by atoms with Crippen molar-refractivity contribution in [2.24, 2.45) is 11.8 Å². The summed E-state index contributed by atoms with van der Waals surface area (Å²) in [6.45, 7) is 7.13. The smallest absolute Gasteiger partial charge is 0.322 e. The number of aliphatic carboxylic acids is 1. The third kappa shape index (κ3) is 3.80. The lowest BCUT2D eigenvalue weighted by Gasteiger charge is -2.36. The minimum atomic E-state index is -0.761. The van der Waals surface area contributed by atoms with Crippen LogP contribution in [0.2, 0.25) is 0 Å². The van der Waals surface area contributed by atoms with Gasteiger partial charge in [0.2, 0.25) is 0 Å². The average Bonchev–Trinajstić information content (AvgIpc) is 2.12. The van der Waals surface area contributed by atoms with E-state index in [1.807, 2.05) is 0 Å². The highest BCUT2D eigenvalue weighted by atomic mass is 16.4. The number of carbonyl (C=O) groups is 1. The van der Waals surface area contributed by atoms with Crippen LogP contribution in [0.5, 0.6) is 0 Å². The highest BCUT2D eigenvalue weighted by Gasteiger charge is 2.25.